The molecule has 0 saturated heterocycles. The van der Waals surface area contributed by atoms with Gasteiger partial charge < -0.3 is 9.67 Å². The molecule has 0 aliphatic carbocycles. The molecule has 1 N–H and O–H groups in total. The molecule has 0 spiro atoms. The van der Waals surface area contributed by atoms with Crippen LogP contribution in [0.3, 0.4) is 0 Å². The summed E-state index contributed by atoms with van der Waals surface area (Å²) in [5, 5.41) is 10.2. The van der Waals surface area contributed by atoms with Crippen LogP contribution in [0.4, 0.5) is 0 Å². The van der Waals surface area contributed by atoms with Gasteiger partial charge in [0.1, 0.15) is 0 Å². The predicted molar refractivity (Wildman–Crippen MR) is 78.0 cm³/mol. The number of carboxylic acid groups (broad SMARTS) is 1. The van der Waals surface area contributed by atoms with E-state index in [0.29, 0.717) is 11.6 Å². The number of carboxylic acids is 1. The summed E-state index contributed by atoms with van der Waals surface area (Å²) in [6.07, 6.45) is 2.04. The van der Waals surface area contributed by atoms with Gasteiger partial charge in [-0.15, -0.1) is 0 Å². The number of carbonyl (C=O) groups is 1. The zero-order valence-electron chi connectivity index (χ0n) is 12.2. The summed E-state index contributed by atoms with van der Waals surface area (Å²) in [4.78, 5) is 11.3. The first-order valence-electron chi connectivity index (χ1n) is 6.60. The molecule has 0 unspecified atom stereocenters. The fraction of sp³-hybridized carbons (Fsp3) is 0.438. The van der Waals surface area contributed by atoms with Crippen LogP contribution in [-0.4, -0.2) is 15.6 Å². The summed E-state index contributed by atoms with van der Waals surface area (Å²) in [7, 11) is 0. The first-order valence-corrected chi connectivity index (χ1v) is 6.60. The third-order valence-electron chi connectivity index (χ3n) is 3.42. The van der Waals surface area contributed by atoms with E-state index in [-0.39, 0.29) is 5.41 Å². The van der Waals surface area contributed by atoms with Gasteiger partial charge in [-0.3, -0.25) is 0 Å². The fourth-order valence-electron chi connectivity index (χ4n) is 2.43. The van der Waals surface area contributed by atoms with Gasteiger partial charge in [-0.05, 0) is 43.0 Å². The molecule has 0 aliphatic heterocycles. The zero-order chi connectivity index (χ0) is 14.4. The third kappa shape index (κ3) is 2.37. The van der Waals surface area contributed by atoms with Crippen LogP contribution in [-0.2, 0) is 5.41 Å². The van der Waals surface area contributed by atoms with Gasteiger partial charge in [-0.2, -0.15) is 0 Å². The van der Waals surface area contributed by atoms with Crippen molar-refractivity contribution in [3.63, 3.8) is 0 Å². The normalized spacial score (nSPS) is 12.3. The van der Waals surface area contributed by atoms with Crippen molar-refractivity contribution in [2.24, 2.45) is 0 Å². The van der Waals surface area contributed by atoms with Gasteiger partial charge >= 0.3 is 5.97 Å². The van der Waals surface area contributed by atoms with E-state index in [1.165, 1.54) is 0 Å². The Morgan fingerprint density at radius 2 is 1.89 bits per heavy atom. The summed E-state index contributed by atoms with van der Waals surface area (Å²) in [6, 6.07) is 5.92. The molecule has 0 amide bonds. The number of nitrogens with zero attached hydrogens (tertiary/aromatic N) is 1. The Hall–Kier alpha value is -1.77. The van der Waals surface area contributed by atoms with Crippen molar-refractivity contribution < 1.29 is 9.90 Å². The average Bonchev–Trinajstić information content (AvgIpc) is 2.69. The molecule has 2 rings (SSSR count). The second kappa shape index (κ2) is 4.41. The number of fused-ring (bicyclic) bond motifs is 1. The molecule has 0 aliphatic rings. The number of hydrogen-bond acceptors (Lipinski definition) is 1. The molecule has 102 valence electrons. The van der Waals surface area contributed by atoms with Gasteiger partial charge in [0.05, 0.1) is 11.1 Å². The maximum atomic E-state index is 11.3. The molecule has 19 heavy (non-hydrogen) atoms. The van der Waals surface area contributed by atoms with Crippen LogP contribution in [0, 0.1) is 0 Å². The topological polar surface area (TPSA) is 42.2 Å². The van der Waals surface area contributed by atoms with Crippen molar-refractivity contribution >= 4 is 16.9 Å². The van der Waals surface area contributed by atoms with Gasteiger partial charge in [0.15, 0.2) is 0 Å². The Bertz CT molecular complexity index is 630. The lowest BCUT2D eigenvalue weighted by Crippen LogP contribution is -2.15. The standard InChI is InChI=1S/C16H21NO2/c1-10(2)17-7-6-11-8-12(15(18)19)9-13(14(11)17)16(3,4)5/h6-10H,1-5H3,(H,18,19). The number of rotatable bonds is 2. The number of aromatic carboxylic acids is 1. The van der Waals surface area contributed by atoms with Crippen molar-refractivity contribution in [2.75, 3.05) is 0 Å². The van der Waals surface area contributed by atoms with E-state index in [0.717, 1.165) is 16.5 Å². The number of aromatic nitrogens is 1. The van der Waals surface area contributed by atoms with Crippen molar-refractivity contribution in [2.45, 2.75) is 46.1 Å². The molecule has 0 bridgehead atoms. The molecular formula is C16H21NO2. The Morgan fingerprint density at radius 3 is 2.37 bits per heavy atom. The Morgan fingerprint density at radius 1 is 1.26 bits per heavy atom. The highest BCUT2D eigenvalue weighted by molar-refractivity contribution is 5.95. The molecular weight excluding hydrogens is 238 g/mol. The maximum absolute atomic E-state index is 11.3. The summed E-state index contributed by atoms with van der Waals surface area (Å²) in [5.74, 6) is -0.871. The van der Waals surface area contributed by atoms with E-state index in [1.807, 2.05) is 18.3 Å². The smallest absolute Gasteiger partial charge is 0.335 e. The number of benzene rings is 1. The van der Waals surface area contributed by atoms with Crippen LogP contribution in [0.25, 0.3) is 10.9 Å². The third-order valence-corrected chi connectivity index (χ3v) is 3.42. The first-order chi connectivity index (χ1) is 8.71. The van der Waals surface area contributed by atoms with Gasteiger partial charge in [0, 0.05) is 17.6 Å². The molecule has 2 aromatic rings. The molecule has 0 fully saturated rings. The summed E-state index contributed by atoms with van der Waals surface area (Å²) < 4.78 is 2.21. The van der Waals surface area contributed by atoms with E-state index in [9.17, 15) is 9.90 Å². The molecule has 3 nitrogen and oxygen atoms in total. The molecule has 3 heteroatoms. The predicted octanol–water partition coefficient (Wildman–Crippen LogP) is 4.22. The number of hydrogen-bond donors (Lipinski definition) is 1. The Balaban J connectivity index is 2.86. The molecule has 0 saturated carbocycles. The van der Waals surface area contributed by atoms with Crippen LogP contribution in [0.2, 0.25) is 0 Å². The van der Waals surface area contributed by atoms with Crippen LogP contribution in [0.5, 0.6) is 0 Å². The van der Waals surface area contributed by atoms with E-state index in [2.05, 4.69) is 39.2 Å². The lowest BCUT2D eigenvalue weighted by atomic mass is 9.84. The van der Waals surface area contributed by atoms with Crippen LogP contribution in [0.1, 0.15) is 56.6 Å². The van der Waals surface area contributed by atoms with Crippen LogP contribution < -0.4 is 0 Å². The van der Waals surface area contributed by atoms with Crippen LogP contribution in [0.15, 0.2) is 24.4 Å². The van der Waals surface area contributed by atoms with E-state index in [4.69, 9.17) is 0 Å². The van der Waals surface area contributed by atoms with E-state index in [1.54, 1.807) is 6.07 Å². The second-order valence-corrected chi connectivity index (χ2v) is 6.33. The second-order valence-electron chi connectivity index (χ2n) is 6.33. The first kappa shape index (κ1) is 13.7. The zero-order valence-corrected chi connectivity index (χ0v) is 12.2. The minimum atomic E-state index is -0.871. The highest BCUT2D eigenvalue weighted by atomic mass is 16.4. The SMILES string of the molecule is CC(C)n1ccc2cc(C(=O)O)cc(C(C)(C)C)c21. The van der Waals surface area contributed by atoms with E-state index < -0.39 is 5.97 Å². The molecule has 0 radical (unpaired) electrons. The Labute approximate surface area is 113 Å². The summed E-state index contributed by atoms with van der Waals surface area (Å²) in [6.45, 7) is 10.6. The van der Waals surface area contributed by atoms with Gasteiger partial charge in [-0.1, -0.05) is 20.8 Å². The highest BCUT2D eigenvalue weighted by Crippen LogP contribution is 2.33. The van der Waals surface area contributed by atoms with Gasteiger partial charge in [-0.25, -0.2) is 4.79 Å². The van der Waals surface area contributed by atoms with Gasteiger partial charge in [0.25, 0.3) is 0 Å². The lowest BCUT2D eigenvalue weighted by molar-refractivity contribution is 0.0697. The van der Waals surface area contributed by atoms with Crippen molar-refractivity contribution in [3.8, 4) is 0 Å². The maximum Gasteiger partial charge on any atom is 0.335 e. The Kier molecular flexibility index (Phi) is 3.17. The van der Waals surface area contributed by atoms with Crippen molar-refractivity contribution in [1.29, 1.82) is 0 Å². The highest BCUT2D eigenvalue weighted by Gasteiger charge is 2.22. The van der Waals surface area contributed by atoms with Crippen molar-refractivity contribution in [3.05, 3.63) is 35.5 Å². The largest absolute Gasteiger partial charge is 0.478 e. The average molecular weight is 259 g/mol. The minimum Gasteiger partial charge on any atom is -0.478 e. The lowest BCUT2D eigenvalue weighted by Gasteiger charge is -2.23. The molecule has 1 heterocycles. The van der Waals surface area contributed by atoms with Crippen LogP contribution >= 0.6 is 0 Å². The molecule has 1 aromatic heterocycles. The fourth-order valence-corrected chi connectivity index (χ4v) is 2.43. The molecule has 1 aromatic carbocycles. The van der Waals surface area contributed by atoms with E-state index >= 15 is 0 Å². The molecule has 0 atom stereocenters. The summed E-state index contributed by atoms with van der Waals surface area (Å²) in [5.41, 5.74) is 2.50. The summed E-state index contributed by atoms with van der Waals surface area (Å²) >= 11 is 0. The monoisotopic (exact) mass is 259 g/mol. The quantitative estimate of drug-likeness (QED) is 0.877. The van der Waals surface area contributed by atoms with Gasteiger partial charge in [0.2, 0.25) is 0 Å². The van der Waals surface area contributed by atoms with Crippen molar-refractivity contribution in [1.82, 2.24) is 4.57 Å². The minimum absolute atomic E-state index is 0.0886.